The number of hydrogen-bond donors (Lipinski definition) is 3. The number of aliphatic hydroxyl groups excluding tert-OH is 1. The molecule has 2 aromatic carbocycles. The number of aromatic nitrogens is 1. The summed E-state index contributed by atoms with van der Waals surface area (Å²) in [5.74, 6) is -0.275. The maximum atomic E-state index is 10.6. The second-order valence-corrected chi connectivity index (χ2v) is 6.10. The van der Waals surface area contributed by atoms with Crippen LogP contribution in [0, 0.1) is 0 Å². The predicted octanol–water partition coefficient (Wildman–Crippen LogP) is 4.11. The van der Waals surface area contributed by atoms with Crippen molar-refractivity contribution in [2.75, 3.05) is 5.32 Å². The molecule has 2 heterocycles. The monoisotopic (exact) mass is 370 g/mol. The molecule has 0 saturated heterocycles. The molecule has 6 nitrogen and oxygen atoms in total. The molecule has 0 spiro atoms. The lowest BCUT2D eigenvalue weighted by molar-refractivity contribution is 0.102. The summed E-state index contributed by atoms with van der Waals surface area (Å²) in [5, 5.41) is 17.8. The first-order chi connectivity index (χ1) is 13.7. The number of anilines is 1. The first-order valence-electron chi connectivity index (χ1n) is 8.71. The molecule has 0 radical (unpaired) electrons. The van der Waals surface area contributed by atoms with Gasteiger partial charge >= 0.3 is 5.95 Å². The number of nitrogens with zero attached hydrogens (tertiary/aromatic N) is 2. The molecule has 4 N–H and O–H groups in total. The van der Waals surface area contributed by atoms with Crippen molar-refractivity contribution in [1.29, 1.82) is 0 Å². The normalized spacial score (nSPS) is 15.1. The van der Waals surface area contributed by atoms with Crippen molar-refractivity contribution in [1.82, 2.24) is 4.98 Å². The maximum Gasteiger partial charge on any atom is 0.315 e. The van der Waals surface area contributed by atoms with Crippen molar-refractivity contribution in [3.8, 4) is 0 Å². The topological polar surface area (TPSA) is 92.8 Å². The minimum atomic E-state index is -0.346. The fourth-order valence-corrected chi connectivity index (χ4v) is 2.88. The number of hydrogen-bond acceptors (Lipinski definition) is 5. The molecule has 0 unspecified atom stereocenters. The van der Waals surface area contributed by atoms with Crippen LogP contribution in [0.3, 0.4) is 0 Å². The van der Waals surface area contributed by atoms with Crippen molar-refractivity contribution in [3.63, 3.8) is 0 Å². The molecule has 1 aromatic heterocycles. The number of nitrogens with two attached hydrogens (primary N) is 1. The highest BCUT2D eigenvalue weighted by atomic mass is 16.7. The Balaban J connectivity index is 1.71. The van der Waals surface area contributed by atoms with E-state index in [1.54, 1.807) is 24.4 Å². The van der Waals surface area contributed by atoms with E-state index in [0.29, 0.717) is 11.3 Å². The fourth-order valence-electron chi connectivity index (χ4n) is 2.88. The van der Waals surface area contributed by atoms with E-state index in [2.05, 4.69) is 15.5 Å². The van der Waals surface area contributed by atoms with Crippen LogP contribution in [0.15, 0.2) is 96.2 Å². The smallest absolute Gasteiger partial charge is 0.315 e. The lowest BCUT2D eigenvalue weighted by atomic mass is 9.97. The molecule has 4 rings (SSSR count). The Morgan fingerprint density at radius 2 is 1.71 bits per heavy atom. The van der Waals surface area contributed by atoms with Gasteiger partial charge in [-0.05, 0) is 29.8 Å². The number of amidine groups is 1. The van der Waals surface area contributed by atoms with E-state index < -0.39 is 0 Å². The van der Waals surface area contributed by atoms with E-state index in [4.69, 9.17) is 10.6 Å². The SMILES string of the molecule is NC(=NOC(O)=C1C=C(c2ccccc2)Nc2ccccc21)c1ccccn1. The van der Waals surface area contributed by atoms with Gasteiger partial charge in [-0.3, -0.25) is 4.98 Å². The minimum absolute atomic E-state index is 0.0715. The number of para-hydroxylation sites is 1. The van der Waals surface area contributed by atoms with Crippen LogP contribution in [0.4, 0.5) is 5.69 Å². The molecule has 1 aliphatic heterocycles. The van der Waals surface area contributed by atoms with Crippen LogP contribution in [-0.2, 0) is 4.84 Å². The number of pyridine rings is 1. The molecule has 3 aromatic rings. The maximum absolute atomic E-state index is 10.6. The standard InChI is InChI=1S/C22H18N4O2/c23-21(19-12-6-7-13-24-19)26-28-22(27)17-14-20(15-8-2-1-3-9-15)25-18-11-5-4-10-16(17)18/h1-14,25,27H,(H2,23,26). The lowest BCUT2D eigenvalue weighted by Crippen LogP contribution is -2.15. The van der Waals surface area contributed by atoms with Crippen LogP contribution in [0.25, 0.3) is 11.3 Å². The van der Waals surface area contributed by atoms with Gasteiger partial charge in [0.25, 0.3) is 0 Å². The lowest BCUT2D eigenvalue weighted by Gasteiger charge is -2.21. The van der Waals surface area contributed by atoms with E-state index in [0.717, 1.165) is 22.5 Å². The Hall–Kier alpha value is -4.06. The van der Waals surface area contributed by atoms with Gasteiger partial charge in [-0.2, -0.15) is 0 Å². The van der Waals surface area contributed by atoms with Crippen molar-refractivity contribution >= 4 is 22.8 Å². The average molecular weight is 370 g/mol. The van der Waals surface area contributed by atoms with E-state index >= 15 is 0 Å². The summed E-state index contributed by atoms with van der Waals surface area (Å²) in [5.41, 5.74) is 10.3. The van der Waals surface area contributed by atoms with Crippen molar-refractivity contribution < 1.29 is 9.94 Å². The Morgan fingerprint density at radius 1 is 0.964 bits per heavy atom. The summed E-state index contributed by atoms with van der Waals surface area (Å²) in [4.78, 5) is 9.33. The molecular formula is C22H18N4O2. The van der Waals surface area contributed by atoms with Crippen molar-refractivity contribution in [2.24, 2.45) is 10.9 Å². The van der Waals surface area contributed by atoms with Gasteiger partial charge in [-0.1, -0.05) is 59.8 Å². The molecule has 1 aliphatic rings. The van der Waals surface area contributed by atoms with Crippen LogP contribution in [0.2, 0.25) is 0 Å². The summed E-state index contributed by atoms with van der Waals surface area (Å²) in [6.45, 7) is 0. The second kappa shape index (κ2) is 7.67. The van der Waals surface area contributed by atoms with E-state index in [1.807, 2.05) is 60.7 Å². The van der Waals surface area contributed by atoms with Gasteiger partial charge < -0.3 is 21.0 Å². The van der Waals surface area contributed by atoms with Gasteiger partial charge in [0.15, 0.2) is 5.84 Å². The molecule has 0 fully saturated rings. The molecule has 0 atom stereocenters. The van der Waals surface area contributed by atoms with Crippen LogP contribution < -0.4 is 11.1 Å². The second-order valence-electron chi connectivity index (χ2n) is 6.10. The number of oxime groups is 1. The molecule has 28 heavy (non-hydrogen) atoms. The third kappa shape index (κ3) is 3.57. The van der Waals surface area contributed by atoms with Crippen LogP contribution >= 0.6 is 0 Å². The fraction of sp³-hybridized carbons (Fsp3) is 0. The van der Waals surface area contributed by atoms with Crippen molar-refractivity contribution in [3.05, 3.63) is 108 Å². The quantitative estimate of drug-likeness (QED) is 0.278. The average Bonchev–Trinajstić information content (AvgIpc) is 2.77. The van der Waals surface area contributed by atoms with Gasteiger partial charge in [0.2, 0.25) is 0 Å². The van der Waals surface area contributed by atoms with Gasteiger partial charge in [0.1, 0.15) is 5.69 Å². The number of fused-ring (bicyclic) bond motifs is 1. The third-order valence-corrected chi connectivity index (χ3v) is 4.25. The van der Waals surface area contributed by atoms with Gasteiger partial charge in [0.05, 0.1) is 5.57 Å². The highest BCUT2D eigenvalue weighted by Gasteiger charge is 2.20. The molecular weight excluding hydrogens is 352 g/mol. The van der Waals surface area contributed by atoms with Crippen LogP contribution in [0.1, 0.15) is 16.8 Å². The zero-order valence-corrected chi connectivity index (χ0v) is 14.9. The number of aliphatic hydroxyl groups is 1. The summed E-state index contributed by atoms with van der Waals surface area (Å²) in [7, 11) is 0. The highest BCUT2D eigenvalue weighted by molar-refractivity contribution is 5.98. The molecule has 0 aliphatic carbocycles. The Morgan fingerprint density at radius 3 is 2.50 bits per heavy atom. The summed E-state index contributed by atoms with van der Waals surface area (Å²) >= 11 is 0. The Kier molecular flexibility index (Phi) is 4.76. The van der Waals surface area contributed by atoms with Crippen LogP contribution in [-0.4, -0.2) is 15.9 Å². The third-order valence-electron chi connectivity index (χ3n) is 4.25. The van der Waals surface area contributed by atoms with Gasteiger partial charge in [-0.25, -0.2) is 0 Å². The minimum Gasteiger partial charge on any atom is -0.479 e. The number of benzene rings is 2. The number of allylic oxidation sites excluding steroid dienone is 2. The number of rotatable bonds is 4. The van der Waals surface area contributed by atoms with E-state index in [-0.39, 0.29) is 11.8 Å². The Labute approximate surface area is 162 Å². The molecule has 0 saturated carbocycles. The van der Waals surface area contributed by atoms with Crippen LogP contribution in [0.5, 0.6) is 0 Å². The summed E-state index contributed by atoms with van der Waals surface area (Å²) in [6.07, 6.45) is 3.42. The summed E-state index contributed by atoms with van der Waals surface area (Å²) < 4.78 is 0. The largest absolute Gasteiger partial charge is 0.479 e. The highest BCUT2D eigenvalue weighted by Crippen LogP contribution is 2.36. The molecule has 0 bridgehead atoms. The first kappa shape index (κ1) is 17.4. The van der Waals surface area contributed by atoms with E-state index in [1.165, 1.54) is 0 Å². The predicted molar refractivity (Wildman–Crippen MR) is 110 cm³/mol. The van der Waals surface area contributed by atoms with Gasteiger partial charge in [-0.15, -0.1) is 0 Å². The zero-order valence-electron chi connectivity index (χ0n) is 14.9. The molecule has 6 heteroatoms. The number of nitrogens with one attached hydrogen (secondary N) is 1. The molecule has 0 amide bonds. The first-order valence-corrected chi connectivity index (χ1v) is 8.71. The zero-order chi connectivity index (χ0) is 19.3. The molecule has 138 valence electrons. The Bertz CT molecular complexity index is 1070. The van der Waals surface area contributed by atoms with E-state index in [9.17, 15) is 5.11 Å². The summed E-state index contributed by atoms with van der Waals surface area (Å²) in [6, 6.07) is 22.7. The van der Waals surface area contributed by atoms with Gasteiger partial charge in [0, 0.05) is 23.1 Å². The van der Waals surface area contributed by atoms with Crippen molar-refractivity contribution in [2.45, 2.75) is 0 Å².